The molecule has 1 amide bonds. The summed E-state index contributed by atoms with van der Waals surface area (Å²) >= 11 is 0. The highest BCUT2D eigenvalue weighted by atomic mass is 16.7. The first-order valence-electron chi connectivity index (χ1n) is 19.3. The van der Waals surface area contributed by atoms with Crippen LogP contribution >= 0.6 is 0 Å². The summed E-state index contributed by atoms with van der Waals surface area (Å²) in [5.41, 5.74) is 4.09. The van der Waals surface area contributed by atoms with Crippen molar-refractivity contribution >= 4 is 24.2 Å². The van der Waals surface area contributed by atoms with Gasteiger partial charge in [0.15, 0.2) is 0 Å². The van der Waals surface area contributed by atoms with Crippen molar-refractivity contribution in [2.45, 2.75) is 71.5 Å². The molecular weight excluding hydrogens is 687 g/mol. The van der Waals surface area contributed by atoms with Gasteiger partial charge in [-0.15, -0.1) is 0 Å². The normalized spacial score (nSPS) is 16.2. The molecule has 0 unspecified atom stereocenters. The molecule has 55 heavy (non-hydrogen) atoms. The first kappa shape index (κ1) is 38.2. The minimum Gasteiger partial charge on any atom is -0.492 e. The summed E-state index contributed by atoms with van der Waals surface area (Å²) in [4.78, 5) is 19.1. The van der Waals surface area contributed by atoms with Gasteiger partial charge in [-0.05, 0) is 112 Å². The summed E-state index contributed by atoms with van der Waals surface area (Å²) in [5.74, 6) is 1.63. The minimum absolute atomic E-state index is 0.207. The number of carbonyl (C=O) groups is 1. The van der Waals surface area contributed by atoms with Gasteiger partial charge < -0.3 is 28.4 Å². The summed E-state index contributed by atoms with van der Waals surface area (Å²) < 4.78 is 31.5. The Labute approximate surface area is 326 Å². The Bertz CT molecular complexity index is 2000. The third-order valence-electron chi connectivity index (χ3n) is 10.8. The lowest BCUT2D eigenvalue weighted by Crippen LogP contribution is -2.41. The van der Waals surface area contributed by atoms with Crippen LogP contribution in [0.1, 0.15) is 67.6 Å². The van der Waals surface area contributed by atoms with E-state index < -0.39 is 18.3 Å². The van der Waals surface area contributed by atoms with E-state index in [1.54, 1.807) is 11.0 Å². The molecule has 0 spiro atoms. The Morgan fingerprint density at radius 3 is 1.93 bits per heavy atom. The smallest absolute Gasteiger partial charge is 0.492 e. The van der Waals surface area contributed by atoms with Crippen molar-refractivity contribution in [2.75, 3.05) is 31.1 Å². The Kier molecular flexibility index (Phi) is 11.9. The fourth-order valence-electron chi connectivity index (χ4n) is 6.80. The van der Waals surface area contributed by atoms with Gasteiger partial charge in [0.1, 0.15) is 37.1 Å². The van der Waals surface area contributed by atoms with Crippen molar-refractivity contribution in [1.29, 1.82) is 0 Å². The minimum atomic E-state index is -0.515. The van der Waals surface area contributed by atoms with Gasteiger partial charge in [-0.1, -0.05) is 84.9 Å². The molecule has 2 heterocycles. The summed E-state index contributed by atoms with van der Waals surface area (Å²) in [6.45, 7) is 12.9. The average Bonchev–Trinajstić information content (AvgIpc) is 3.80. The lowest BCUT2D eigenvalue weighted by atomic mass is 9.79. The molecular formula is C46H51BN2O6. The van der Waals surface area contributed by atoms with Crippen LogP contribution in [0.2, 0.25) is 0 Å². The number of carbonyl (C=O) groups excluding carboxylic acids is 1. The second-order valence-electron chi connectivity index (χ2n) is 15.3. The van der Waals surface area contributed by atoms with E-state index in [-0.39, 0.29) is 5.91 Å². The first-order valence-corrected chi connectivity index (χ1v) is 19.3. The average molecular weight is 739 g/mol. The third-order valence-corrected chi connectivity index (χ3v) is 10.8. The van der Waals surface area contributed by atoms with Crippen LogP contribution in [-0.4, -0.2) is 55.4 Å². The lowest BCUT2D eigenvalue weighted by Gasteiger charge is -2.32. The SMILES string of the molecule is CC1(C)OB(c2ccc(N(Cc3cccc(OCCN4CCCC4)c3)C(=O)c3ccc(OCc4ccccc4)cc3OCc3ccccc3)cc2)OC1(C)C. The summed E-state index contributed by atoms with van der Waals surface area (Å²) in [6.07, 6.45) is 2.50. The van der Waals surface area contributed by atoms with Crippen molar-refractivity contribution < 1.29 is 28.3 Å². The van der Waals surface area contributed by atoms with Crippen LogP contribution in [0.5, 0.6) is 17.2 Å². The molecule has 8 nitrogen and oxygen atoms in total. The van der Waals surface area contributed by atoms with E-state index in [1.807, 2.05) is 149 Å². The Balaban J connectivity index is 1.18. The monoisotopic (exact) mass is 738 g/mol. The molecule has 2 aliphatic heterocycles. The predicted molar refractivity (Wildman–Crippen MR) is 218 cm³/mol. The van der Waals surface area contributed by atoms with Crippen LogP contribution in [0.4, 0.5) is 5.69 Å². The maximum atomic E-state index is 14.9. The molecule has 0 aromatic heterocycles. The van der Waals surface area contributed by atoms with Crippen molar-refractivity contribution in [3.8, 4) is 17.2 Å². The molecule has 2 saturated heterocycles. The van der Waals surface area contributed by atoms with Crippen LogP contribution in [-0.2, 0) is 29.1 Å². The van der Waals surface area contributed by atoms with Gasteiger partial charge in [-0.25, -0.2) is 0 Å². The highest BCUT2D eigenvalue weighted by molar-refractivity contribution is 6.62. The molecule has 5 aromatic rings. The Morgan fingerprint density at radius 1 is 0.673 bits per heavy atom. The van der Waals surface area contributed by atoms with Crippen LogP contribution in [0.15, 0.2) is 127 Å². The first-order chi connectivity index (χ1) is 26.6. The largest absolute Gasteiger partial charge is 0.494 e. The zero-order valence-electron chi connectivity index (χ0n) is 32.4. The van der Waals surface area contributed by atoms with Crippen molar-refractivity contribution in [1.82, 2.24) is 4.90 Å². The maximum Gasteiger partial charge on any atom is 0.494 e. The van der Waals surface area contributed by atoms with E-state index >= 15 is 0 Å². The zero-order chi connectivity index (χ0) is 38.3. The maximum absolute atomic E-state index is 14.9. The molecule has 0 bridgehead atoms. The van der Waals surface area contributed by atoms with Crippen LogP contribution in [0.3, 0.4) is 0 Å². The molecule has 2 aliphatic rings. The molecule has 0 saturated carbocycles. The van der Waals surface area contributed by atoms with Gasteiger partial charge >= 0.3 is 7.12 Å². The Hall–Kier alpha value is -5.09. The number of hydrogen-bond acceptors (Lipinski definition) is 7. The highest BCUT2D eigenvalue weighted by Crippen LogP contribution is 2.37. The van der Waals surface area contributed by atoms with Crippen LogP contribution in [0, 0.1) is 0 Å². The van der Waals surface area contributed by atoms with E-state index in [9.17, 15) is 4.79 Å². The summed E-state index contributed by atoms with van der Waals surface area (Å²) in [7, 11) is -0.515. The zero-order valence-corrected chi connectivity index (χ0v) is 32.4. The quantitative estimate of drug-likeness (QED) is 0.0999. The number of amides is 1. The van der Waals surface area contributed by atoms with E-state index in [1.165, 1.54) is 12.8 Å². The molecule has 0 radical (unpaired) electrons. The number of hydrogen-bond donors (Lipinski definition) is 0. The molecule has 0 N–H and O–H groups in total. The molecule has 5 aromatic carbocycles. The second-order valence-corrected chi connectivity index (χ2v) is 15.3. The van der Waals surface area contributed by atoms with E-state index in [4.69, 9.17) is 23.5 Å². The number of likely N-dealkylation sites (tertiary alicyclic amines) is 1. The highest BCUT2D eigenvalue weighted by Gasteiger charge is 2.51. The molecule has 7 rings (SSSR count). The van der Waals surface area contributed by atoms with Gasteiger partial charge in [0.2, 0.25) is 0 Å². The van der Waals surface area contributed by atoms with Crippen LogP contribution < -0.4 is 24.6 Å². The second kappa shape index (κ2) is 17.2. The topological polar surface area (TPSA) is 69.7 Å². The fraction of sp³-hybridized carbons (Fsp3) is 0.326. The van der Waals surface area contributed by atoms with E-state index in [0.29, 0.717) is 43.4 Å². The van der Waals surface area contributed by atoms with Crippen molar-refractivity contribution in [2.24, 2.45) is 0 Å². The molecule has 9 heteroatoms. The third kappa shape index (κ3) is 9.60. The van der Waals surface area contributed by atoms with Crippen molar-refractivity contribution in [3.05, 3.63) is 150 Å². The molecule has 2 fully saturated rings. The predicted octanol–water partition coefficient (Wildman–Crippen LogP) is 8.47. The Morgan fingerprint density at radius 2 is 1.27 bits per heavy atom. The number of rotatable bonds is 15. The number of nitrogens with zero attached hydrogens (tertiary/aromatic N) is 2. The van der Waals surface area contributed by atoms with Crippen LogP contribution in [0.25, 0.3) is 0 Å². The summed E-state index contributed by atoms with van der Waals surface area (Å²) in [5, 5.41) is 0. The summed E-state index contributed by atoms with van der Waals surface area (Å²) in [6, 6.07) is 41.3. The van der Waals surface area contributed by atoms with Gasteiger partial charge in [-0.3, -0.25) is 9.69 Å². The number of benzene rings is 5. The number of anilines is 1. The van der Waals surface area contributed by atoms with Gasteiger partial charge in [0.05, 0.1) is 23.3 Å². The standard InChI is InChI=1S/C46H51BN2O6/c1-45(2)46(3,4)55-47(54-45)38-20-22-39(23-21-38)49(32-37-18-13-19-40(30-37)51-29-28-48-26-11-12-27-48)44(50)42-25-24-41(52-33-35-14-7-5-8-15-35)31-43(42)53-34-36-16-9-6-10-17-36/h5-10,13-25,30-31H,11-12,26-29,32-34H2,1-4H3. The molecule has 284 valence electrons. The molecule has 0 aliphatic carbocycles. The molecule has 0 atom stereocenters. The number of ether oxygens (including phenoxy) is 3. The van der Waals surface area contributed by atoms with E-state index in [0.717, 1.165) is 53.2 Å². The van der Waals surface area contributed by atoms with Crippen molar-refractivity contribution in [3.63, 3.8) is 0 Å². The lowest BCUT2D eigenvalue weighted by molar-refractivity contribution is 0.00578. The fourth-order valence-corrected chi connectivity index (χ4v) is 6.80. The van der Waals surface area contributed by atoms with Gasteiger partial charge in [0, 0.05) is 18.3 Å². The van der Waals surface area contributed by atoms with Gasteiger partial charge in [-0.2, -0.15) is 0 Å². The van der Waals surface area contributed by atoms with Gasteiger partial charge in [0.25, 0.3) is 5.91 Å². The van der Waals surface area contributed by atoms with E-state index in [2.05, 4.69) is 4.90 Å².